The first-order valence-corrected chi connectivity index (χ1v) is 4.16. The molecule has 0 aromatic rings. The third-order valence-corrected chi connectivity index (χ3v) is 1.90. The Bertz CT molecular complexity index is 277. The third-order valence-electron chi connectivity index (χ3n) is 1.90. The first-order chi connectivity index (χ1) is 6.06. The van der Waals surface area contributed by atoms with Gasteiger partial charge in [-0.1, -0.05) is 6.58 Å². The van der Waals surface area contributed by atoms with E-state index in [2.05, 4.69) is 6.58 Å². The number of ether oxygens (including phenoxy) is 1. The van der Waals surface area contributed by atoms with Crippen molar-refractivity contribution in [2.75, 3.05) is 21.2 Å². The molecule has 0 saturated heterocycles. The van der Waals surface area contributed by atoms with Crippen LogP contribution in [0.25, 0.3) is 0 Å². The highest BCUT2D eigenvalue weighted by Gasteiger charge is 2.16. The van der Waals surface area contributed by atoms with Gasteiger partial charge in [-0.2, -0.15) is 0 Å². The zero-order chi connectivity index (χ0) is 10.0. The van der Waals surface area contributed by atoms with Crippen LogP contribution in [0.5, 0.6) is 0 Å². The van der Waals surface area contributed by atoms with Gasteiger partial charge in [0.25, 0.3) is 0 Å². The van der Waals surface area contributed by atoms with Gasteiger partial charge in [-0.15, -0.1) is 0 Å². The lowest BCUT2D eigenvalue weighted by Crippen LogP contribution is -2.33. The van der Waals surface area contributed by atoms with Crippen molar-refractivity contribution in [3.05, 3.63) is 35.9 Å². The normalized spacial score (nSPS) is 17.3. The molecule has 0 radical (unpaired) electrons. The number of rotatable bonds is 2. The van der Waals surface area contributed by atoms with Gasteiger partial charge in [-0.3, -0.25) is 5.01 Å². The van der Waals surface area contributed by atoms with E-state index in [0.29, 0.717) is 0 Å². The molecule has 1 aliphatic heterocycles. The Balaban J connectivity index is 2.95. The average Bonchev–Trinajstić information content (AvgIpc) is 2.08. The van der Waals surface area contributed by atoms with Gasteiger partial charge in [0, 0.05) is 20.3 Å². The molecular formula is C10H16N2O. The van der Waals surface area contributed by atoms with Gasteiger partial charge in [-0.25, -0.2) is 5.01 Å². The minimum Gasteiger partial charge on any atom is -0.495 e. The van der Waals surface area contributed by atoms with Crippen molar-refractivity contribution < 1.29 is 4.74 Å². The van der Waals surface area contributed by atoms with Crippen LogP contribution in [0.2, 0.25) is 0 Å². The SMILES string of the molecule is C=C1C(OC)=CC(C)=CN1N(C)C. The summed E-state index contributed by atoms with van der Waals surface area (Å²) in [6.07, 6.45) is 3.99. The van der Waals surface area contributed by atoms with E-state index in [1.54, 1.807) is 7.11 Å². The molecule has 1 rings (SSSR count). The second kappa shape index (κ2) is 3.66. The standard InChI is InChI=1S/C10H16N2O/c1-8-6-10(13-5)9(2)12(7-8)11(3)4/h6-7H,2H2,1,3-5H3. The lowest BCUT2D eigenvalue weighted by Gasteiger charge is -2.32. The highest BCUT2D eigenvalue weighted by atomic mass is 16.5. The molecule has 0 bridgehead atoms. The van der Waals surface area contributed by atoms with Gasteiger partial charge in [0.15, 0.2) is 0 Å². The third kappa shape index (κ3) is 1.92. The average molecular weight is 180 g/mol. The molecule has 0 spiro atoms. The molecule has 1 aliphatic rings. The van der Waals surface area contributed by atoms with Crippen LogP contribution in [0.1, 0.15) is 6.92 Å². The minimum absolute atomic E-state index is 0.814. The molecule has 0 amide bonds. The molecule has 0 aromatic carbocycles. The summed E-state index contributed by atoms with van der Waals surface area (Å²) in [5, 5.41) is 3.91. The molecule has 13 heavy (non-hydrogen) atoms. The van der Waals surface area contributed by atoms with E-state index < -0.39 is 0 Å². The van der Waals surface area contributed by atoms with Crippen LogP contribution in [0.3, 0.4) is 0 Å². The predicted molar refractivity (Wildman–Crippen MR) is 53.5 cm³/mol. The summed E-state index contributed by atoms with van der Waals surface area (Å²) in [5.74, 6) is 0.814. The Morgan fingerprint density at radius 3 is 2.54 bits per heavy atom. The van der Waals surface area contributed by atoms with Crippen molar-refractivity contribution in [1.82, 2.24) is 10.0 Å². The van der Waals surface area contributed by atoms with E-state index in [-0.39, 0.29) is 0 Å². The smallest absolute Gasteiger partial charge is 0.143 e. The van der Waals surface area contributed by atoms with Crippen LogP contribution in [-0.4, -0.2) is 31.2 Å². The van der Waals surface area contributed by atoms with E-state index >= 15 is 0 Å². The molecule has 0 N–H and O–H groups in total. The van der Waals surface area contributed by atoms with Gasteiger partial charge in [0.05, 0.1) is 12.8 Å². The van der Waals surface area contributed by atoms with E-state index in [9.17, 15) is 0 Å². The molecule has 1 heterocycles. The van der Waals surface area contributed by atoms with Crippen molar-refractivity contribution in [1.29, 1.82) is 0 Å². The maximum Gasteiger partial charge on any atom is 0.143 e. The van der Waals surface area contributed by atoms with Crippen LogP contribution < -0.4 is 0 Å². The number of hydrogen-bond donors (Lipinski definition) is 0. The van der Waals surface area contributed by atoms with Crippen LogP contribution in [0.15, 0.2) is 35.9 Å². The van der Waals surface area contributed by atoms with Gasteiger partial charge in [0.2, 0.25) is 0 Å². The Kier molecular flexibility index (Phi) is 2.78. The zero-order valence-corrected chi connectivity index (χ0v) is 8.66. The topological polar surface area (TPSA) is 15.7 Å². The van der Waals surface area contributed by atoms with Crippen LogP contribution >= 0.6 is 0 Å². The Hall–Kier alpha value is -1.22. The van der Waals surface area contributed by atoms with Gasteiger partial charge in [-0.05, 0) is 18.6 Å². The monoisotopic (exact) mass is 180 g/mol. The molecular weight excluding hydrogens is 164 g/mol. The summed E-state index contributed by atoms with van der Waals surface area (Å²) in [5.41, 5.74) is 2.01. The van der Waals surface area contributed by atoms with E-state index in [0.717, 1.165) is 17.0 Å². The van der Waals surface area contributed by atoms with Crippen molar-refractivity contribution >= 4 is 0 Å². The maximum atomic E-state index is 5.21. The van der Waals surface area contributed by atoms with Crippen LogP contribution in [0, 0.1) is 0 Å². The summed E-state index contributed by atoms with van der Waals surface area (Å²) >= 11 is 0. The number of methoxy groups -OCH3 is 1. The molecule has 0 unspecified atom stereocenters. The highest BCUT2D eigenvalue weighted by molar-refractivity contribution is 5.35. The number of allylic oxidation sites excluding steroid dienone is 2. The summed E-state index contributed by atoms with van der Waals surface area (Å²) in [6, 6.07) is 0. The zero-order valence-electron chi connectivity index (χ0n) is 8.66. The first-order valence-electron chi connectivity index (χ1n) is 4.16. The molecule has 0 fully saturated rings. The van der Waals surface area contributed by atoms with Crippen molar-refractivity contribution in [2.45, 2.75) is 6.92 Å². The first kappa shape index (κ1) is 9.86. The molecule has 3 nitrogen and oxygen atoms in total. The molecule has 0 atom stereocenters. The largest absolute Gasteiger partial charge is 0.495 e. The molecule has 72 valence electrons. The molecule has 0 aromatic heterocycles. The lowest BCUT2D eigenvalue weighted by atomic mass is 10.2. The summed E-state index contributed by atoms with van der Waals surface area (Å²) in [7, 11) is 5.59. The number of nitrogens with zero attached hydrogens (tertiary/aromatic N) is 2. The van der Waals surface area contributed by atoms with Gasteiger partial charge < -0.3 is 4.74 Å². The summed E-state index contributed by atoms with van der Waals surface area (Å²) in [4.78, 5) is 0. The second-order valence-electron chi connectivity index (χ2n) is 3.22. The van der Waals surface area contributed by atoms with E-state index in [4.69, 9.17) is 4.74 Å². The number of hydrogen-bond acceptors (Lipinski definition) is 3. The maximum absolute atomic E-state index is 5.21. The highest BCUT2D eigenvalue weighted by Crippen LogP contribution is 2.23. The number of hydrazine groups is 1. The van der Waals surface area contributed by atoms with Crippen molar-refractivity contribution in [3.63, 3.8) is 0 Å². The lowest BCUT2D eigenvalue weighted by molar-refractivity contribution is 0.111. The fourth-order valence-corrected chi connectivity index (χ4v) is 1.24. The quantitative estimate of drug-likeness (QED) is 0.643. The van der Waals surface area contributed by atoms with Crippen molar-refractivity contribution in [2.24, 2.45) is 0 Å². The Morgan fingerprint density at radius 2 is 2.08 bits per heavy atom. The van der Waals surface area contributed by atoms with Crippen LogP contribution in [0.4, 0.5) is 0 Å². The Labute approximate surface area is 79.6 Å². The van der Waals surface area contributed by atoms with Gasteiger partial charge >= 0.3 is 0 Å². The minimum atomic E-state index is 0.814. The summed E-state index contributed by atoms with van der Waals surface area (Å²) < 4.78 is 5.21. The van der Waals surface area contributed by atoms with Crippen LogP contribution in [-0.2, 0) is 4.74 Å². The predicted octanol–water partition coefficient (Wildman–Crippen LogP) is 1.73. The van der Waals surface area contributed by atoms with Gasteiger partial charge in [0.1, 0.15) is 5.76 Å². The summed E-state index contributed by atoms with van der Waals surface area (Å²) in [6.45, 7) is 5.98. The Morgan fingerprint density at radius 1 is 1.46 bits per heavy atom. The van der Waals surface area contributed by atoms with E-state index in [1.165, 1.54) is 0 Å². The second-order valence-corrected chi connectivity index (χ2v) is 3.22. The fraction of sp³-hybridized carbons (Fsp3) is 0.400. The van der Waals surface area contributed by atoms with Crippen molar-refractivity contribution in [3.8, 4) is 0 Å². The molecule has 0 saturated carbocycles. The van der Waals surface area contributed by atoms with E-state index in [1.807, 2.05) is 43.3 Å². The molecule has 0 aliphatic carbocycles. The fourth-order valence-electron chi connectivity index (χ4n) is 1.24. The molecule has 3 heteroatoms.